The molecule has 0 unspecified atom stereocenters. The lowest BCUT2D eigenvalue weighted by Gasteiger charge is -2.09. The molecular formula is C21H17ClN2O2. The molecule has 0 spiro atoms. The van der Waals surface area contributed by atoms with Crippen LogP contribution in [0.4, 0.5) is 0 Å². The van der Waals surface area contributed by atoms with Gasteiger partial charge < -0.3 is 4.74 Å². The van der Waals surface area contributed by atoms with Gasteiger partial charge >= 0.3 is 0 Å². The number of carbonyl (C=O) groups excluding carboxylic acids is 1. The lowest BCUT2D eigenvalue weighted by atomic mass is 10.2. The van der Waals surface area contributed by atoms with E-state index in [1.807, 2.05) is 54.6 Å². The number of hydrogen-bond acceptors (Lipinski definition) is 3. The van der Waals surface area contributed by atoms with Crippen LogP contribution in [0.2, 0.25) is 5.02 Å². The summed E-state index contributed by atoms with van der Waals surface area (Å²) in [5, 5.41) is 4.52. The van der Waals surface area contributed by atoms with Crippen molar-refractivity contribution >= 4 is 23.7 Å². The number of rotatable bonds is 6. The second kappa shape index (κ2) is 8.83. The molecule has 1 N–H and O–H groups in total. The molecule has 0 saturated carbocycles. The first-order chi connectivity index (χ1) is 12.7. The molecule has 0 atom stereocenters. The molecule has 3 rings (SSSR count). The van der Waals surface area contributed by atoms with Gasteiger partial charge in [0.2, 0.25) is 0 Å². The van der Waals surface area contributed by atoms with Gasteiger partial charge in [-0.3, -0.25) is 4.79 Å². The molecule has 3 aromatic carbocycles. The Bertz CT molecular complexity index is 911. The second-order valence-electron chi connectivity index (χ2n) is 5.52. The third-order valence-electron chi connectivity index (χ3n) is 3.61. The fourth-order valence-corrected chi connectivity index (χ4v) is 2.50. The Morgan fingerprint density at radius 1 is 1.00 bits per heavy atom. The van der Waals surface area contributed by atoms with Gasteiger partial charge in [0, 0.05) is 16.1 Å². The van der Waals surface area contributed by atoms with Gasteiger partial charge in [-0.15, -0.1) is 0 Å². The third kappa shape index (κ3) is 4.94. The standard InChI is InChI=1S/C21H17ClN2O2/c22-19-11-6-10-17(13-19)21(25)24-23-14-18-9-4-5-12-20(18)26-15-16-7-2-1-3-8-16/h1-14H,15H2,(H,24,25)/b23-14+. The van der Waals surface area contributed by atoms with Crippen LogP contribution in [-0.4, -0.2) is 12.1 Å². The average Bonchev–Trinajstić information content (AvgIpc) is 2.68. The first kappa shape index (κ1) is 17.7. The van der Waals surface area contributed by atoms with E-state index in [0.717, 1.165) is 11.1 Å². The summed E-state index contributed by atoms with van der Waals surface area (Å²) in [6.45, 7) is 0.459. The van der Waals surface area contributed by atoms with E-state index in [1.54, 1.807) is 30.5 Å². The van der Waals surface area contributed by atoms with E-state index in [0.29, 0.717) is 22.9 Å². The zero-order chi connectivity index (χ0) is 18.2. The molecule has 130 valence electrons. The van der Waals surface area contributed by atoms with Crippen molar-refractivity contribution in [2.45, 2.75) is 6.61 Å². The van der Waals surface area contributed by atoms with Crippen LogP contribution in [0.15, 0.2) is 84.0 Å². The van der Waals surface area contributed by atoms with Gasteiger partial charge in [-0.05, 0) is 35.9 Å². The molecule has 0 aliphatic rings. The summed E-state index contributed by atoms with van der Waals surface area (Å²) in [7, 11) is 0. The summed E-state index contributed by atoms with van der Waals surface area (Å²) in [6, 6.07) is 24.1. The smallest absolute Gasteiger partial charge is 0.271 e. The zero-order valence-electron chi connectivity index (χ0n) is 13.9. The monoisotopic (exact) mass is 364 g/mol. The molecule has 3 aromatic rings. The van der Waals surface area contributed by atoms with E-state index >= 15 is 0 Å². The third-order valence-corrected chi connectivity index (χ3v) is 3.85. The normalized spacial score (nSPS) is 10.7. The van der Waals surface area contributed by atoms with E-state index in [1.165, 1.54) is 0 Å². The fraction of sp³-hybridized carbons (Fsp3) is 0.0476. The minimum Gasteiger partial charge on any atom is -0.488 e. The van der Waals surface area contributed by atoms with E-state index in [-0.39, 0.29) is 5.91 Å². The first-order valence-electron chi connectivity index (χ1n) is 8.07. The van der Waals surface area contributed by atoms with Crippen LogP contribution in [0.3, 0.4) is 0 Å². The Morgan fingerprint density at radius 3 is 2.58 bits per heavy atom. The summed E-state index contributed by atoms with van der Waals surface area (Å²) < 4.78 is 5.86. The van der Waals surface area contributed by atoms with Crippen LogP contribution in [0, 0.1) is 0 Å². The van der Waals surface area contributed by atoms with E-state index in [9.17, 15) is 4.79 Å². The van der Waals surface area contributed by atoms with Gasteiger partial charge in [-0.2, -0.15) is 5.10 Å². The van der Waals surface area contributed by atoms with Crippen LogP contribution >= 0.6 is 11.6 Å². The van der Waals surface area contributed by atoms with Crippen molar-refractivity contribution in [2.24, 2.45) is 5.10 Å². The number of benzene rings is 3. The van der Waals surface area contributed by atoms with Gasteiger partial charge in [-0.1, -0.05) is 60.1 Å². The highest BCUT2D eigenvalue weighted by molar-refractivity contribution is 6.30. The second-order valence-corrected chi connectivity index (χ2v) is 5.96. The number of nitrogens with zero attached hydrogens (tertiary/aromatic N) is 1. The number of amides is 1. The highest BCUT2D eigenvalue weighted by atomic mass is 35.5. The van der Waals surface area contributed by atoms with Crippen LogP contribution < -0.4 is 10.2 Å². The fourth-order valence-electron chi connectivity index (χ4n) is 2.31. The molecule has 5 heteroatoms. The van der Waals surface area contributed by atoms with Crippen molar-refractivity contribution in [3.05, 3.63) is 101 Å². The molecule has 0 radical (unpaired) electrons. The molecule has 0 heterocycles. The Morgan fingerprint density at radius 2 is 1.77 bits per heavy atom. The summed E-state index contributed by atoms with van der Waals surface area (Å²) in [4.78, 5) is 12.1. The molecule has 0 fully saturated rings. The summed E-state index contributed by atoms with van der Waals surface area (Å²) in [5.41, 5.74) is 4.79. The highest BCUT2D eigenvalue weighted by Gasteiger charge is 2.05. The lowest BCUT2D eigenvalue weighted by Crippen LogP contribution is -2.17. The maximum atomic E-state index is 12.1. The van der Waals surface area contributed by atoms with Crippen molar-refractivity contribution in [3.8, 4) is 5.75 Å². The molecular weight excluding hydrogens is 348 g/mol. The van der Waals surface area contributed by atoms with Gasteiger partial charge in [0.05, 0.1) is 6.21 Å². The number of hydrogen-bond donors (Lipinski definition) is 1. The Hall–Kier alpha value is -3.11. The number of hydrazone groups is 1. The van der Waals surface area contributed by atoms with E-state index in [4.69, 9.17) is 16.3 Å². The average molecular weight is 365 g/mol. The van der Waals surface area contributed by atoms with Crippen molar-refractivity contribution in [1.82, 2.24) is 5.43 Å². The van der Waals surface area contributed by atoms with Crippen LogP contribution in [-0.2, 0) is 6.61 Å². The van der Waals surface area contributed by atoms with E-state index in [2.05, 4.69) is 10.5 Å². The number of carbonyl (C=O) groups is 1. The van der Waals surface area contributed by atoms with Gasteiger partial charge in [0.1, 0.15) is 12.4 Å². The minimum absolute atomic E-state index is 0.327. The van der Waals surface area contributed by atoms with Gasteiger partial charge in [0.15, 0.2) is 0 Å². The van der Waals surface area contributed by atoms with Crippen molar-refractivity contribution < 1.29 is 9.53 Å². The maximum Gasteiger partial charge on any atom is 0.271 e. The summed E-state index contributed by atoms with van der Waals surface area (Å²) >= 11 is 5.89. The van der Waals surface area contributed by atoms with Crippen molar-refractivity contribution in [1.29, 1.82) is 0 Å². The maximum absolute atomic E-state index is 12.1. The van der Waals surface area contributed by atoms with Crippen LogP contribution in [0.25, 0.3) is 0 Å². The minimum atomic E-state index is -0.327. The van der Waals surface area contributed by atoms with Crippen LogP contribution in [0.5, 0.6) is 5.75 Å². The molecule has 4 nitrogen and oxygen atoms in total. The first-order valence-corrected chi connectivity index (χ1v) is 8.45. The highest BCUT2D eigenvalue weighted by Crippen LogP contribution is 2.17. The topological polar surface area (TPSA) is 50.7 Å². The number of ether oxygens (including phenoxy) is 1. The Balaban J connectivity index is 1.64. The predicted octanol–water partition coefficient (Wildman–Crippen LogP) is 4.68. The Labute approximate surface area is 157 Å². The van der Waals surface area contributed by atoms with Crippen LogP contribution in [0.1, 0.15) is 21.5 Å². The van der Waals surface area contributed by atoms with E-state index < -0.39 is 0 Å². The van der Waals surface area contributed by atoms with Crippen molar-refractivity contribution in [3.63, 3.8) is 0 Å². The molecule has 0 aliphatic heterocycles. The molecule has 0 bridgehead atoms. The molecule has 26 heavy (non-hydrogen) atoms. The van der Waals surface area contributed by atoms with Gasteiger partial charge in [0.25, 0.3) is 5.91 Å². The Kier molecular flexibility index (Phi) is 6.01. The summed E-state index contributed by atoms with van der Waals surface area (Å²) in [6.07, 6.45) is 1.56. The summed E-state index contributed by atoms with van der Waals surface area (Å²) in [5.74, 6) is 0.364. The quantitative estimate of drug-likeness (QED) is 0.510. The number of halogens is 1. The number of para-hydroxylation sites is 1. The van der Waals surface area contributed by atoms with Crippen molar-refractivity contribution in [2.75, 3.05) is 0 Å². The van der Waals surface area contributed by atoms with Gasteiger partial charge in [-0.25, -0.2) is 5.43 Å². The molecule has 0 saturated heterocycles. The zero-order valence-corrected chi connectivity index (χ0v) is 14.7. The predicted molar refractivity (Wildman–Crippen MR) is 104 cm³/mol. The molecule has 0 aliphatic carbocycles. The SMILES string of the molecule is O=C(N/N=C/c1ccccc1OCc1ccccc1)c1cccc(Cl)c1. The molecule has 0 aromatic heterocycles. The largest absolute Gasteiger partial charge is 0.488 e. The number of nitrogens with one attached hydrogen (secondary N) is 1. The molecule has 1 amide bonds. The lowest BCUT2D eigenvalue weighted by molar-refractivity contribution is 0.0955.